The summed E-state index contributed by atoms with van der Waals surface area (Å²) in [4.78, 5) is 5.02. The molecule has 0 saturated carbocycles. The van der Waals surface area contributed by atoms with E-state index in [4.69, 9.17) is 0 Å². The highest BCUT2D eigenvalue weighted by Gasteiger charge is 2.36. The summed E-state index contributed by atoms with van der Waals surface area (Å²) in [5, 5.41) is 0. The Balaban J connectivity index is 1.97. The molecule has 1 aliphatic heterocycles. The molecule has 0 spiro atoms. The standard InChI is InChI=1S/C14H16N2O2S2/c1-11-4-5-14(19-11)20(17,18)16-10-2-3-13(16)12-6-8-15-9-7-12/h4-9,13H,2-3,10H2,1H3. The Labute approximate surface area is 123 Å². The second-order valence-electron chi connectivity index (χ2n) is 4.92. The van der Waals surface area contributed by atoms with Gasteiger partial charge >= 0.3 is 0 Å². The van der Waals surface area contributed by atoms with Crippen LogP contribution in [0.15, 0.2) is 40.9 Å². The molecule has 2 aromatic heterocycles. The molecule has 6 heteroatoms. The summed E-state index contributed by atoms with van der Waals surface area (Å²) in [6, 6.07) is 7.30. The molecule has 1 fully saturated rings. The number of sulfonamides is 1. The van der Waals surface area contributed by atoms with Crippen LogP contribution in [-0.4, -0.2) is 24.3 Å². The molecule has 1 saturated heterocycles. The fraction of sp³-hybridized carbons (Fsp3) is 0.357. The molecule has 0 aliphatic carbocycles. The predicted molar refractivity (Wildman–Crippen MR) is 79.2 cm³/mol. The summed E-state index contributed by atoms with van der Waals surface area (Å²) in [6.45, 7) is 2.51. The van der Waals surface area contributed by atoms with Crippen LogP contribution in [0.25, 0.3) is 0 Å². The molecular weight excluding hydrogens is 292 g/mol. The van der Waals surface area contributed by atoms with E-state index in [1.165, 1.54) is 11.3 Å². The molecule has 106 valence electrons. The molecular formula is C14H16N2O2S2. The first-order valence-electron chi connectivity index (χ1n) is 6.57. The van der Waals surface area contributed by atoms with E-state index in [-0.39, 0.29) is 6.04 Å². The lowest BCUT2D eigenvalue weighted by Crippen LogP contribution is -2.30. The Bertz CT molecular complexity index is 695. The molecule has 0 aromatic carbocycles. The second-order valence-corrected chi connectivity index (χ2v) is 8.32. The van der Waals surface area contributed by atoms with Gasteiger partial charge in [-0.2, -0.15) is 4.31 Å². The molecule has 1 aliphatic rings. The van der Waals surface area contributed by atoms with Crippen molar-refractivity contribution in [1.82, 2.24) is 9.29 Å². The number of rotatable bonds is 3. The largest absolute Gasteiger partial charge is 0.265 e. The van der Waals surface area contributed by atoms with E-state index in [2.05, 4.69) is 4.98 Å². The van der Waals surface area contributed by atoms with Gasteiger partial charge in [0.2, 0.25) is 0 Å². The molecule has 3 rings (SSSR count). The lowest BCUT2D eigenvalue weighted by atomic mass is 10.1. The van der Waals surface area contributed by atoms with Crippen LogP contribution in [0, 0.1) is 6.92 Å². The summed E-state index contributed by atoms with van der Waals surface area (Å²) in [6.07, 6.45) is 5.20. The van der Waals surface area contributed by atoms with Crippen molar-refractivity contribution in [2.45, 2.75) is 30.0 Å². The molecule has 20 heavy (non-hydrogen) atoms. The van der Waals surface area contributed by atoms with Crippen LogP contribution >= 0.6 is 11.3 Å². The van der Waals surface area contributed by atoms with Gasteiger partial charge in [-0.3, -0.25) is 4.98 Å². The zero-order valence-corrected chi connectivity index (χ0v) is 12.8. The van der Waals surface area contributed by atoms with Crippen molar-refractivity contribution in [3.05, 3.63) is 47.1 Å². The van der Waals surface area contributed by atoms with Crippen molar-refractivity contribution < 1.29 is 8.42 Å². The Morgan fingerprint density at radius 2 is 2.00 bits per heavy atom. The van der Waals surface area contributed by atoms with Gasteiger partial charge in [0.15, 0.2) is 0 Å². The molecule has 0 radical (unpaired) electrons. The van der Waals surface area contributed by atoms with Crippen molar-refractivity contribution in [3.63, 3.8) is 0 Å². The van der Waals surface area contributed by atoms with Crippen LogP contribution in [0.5, 0.6) is 0 Å². The van der Waals surface area contributed by atoms with E-state index in [0.29, 0.717) is 10.8 Å². The maximum absolute atomic E-state index is 12.8. The SMILES string of the molecule is Cc1ccc(S(=O)(=O)N2CCCC2c2ccncc2)s1. The van der Waals surface area contributed by atoms with Gasteiger partial charge in [0.25, 0.3) is 10.0 Å². The van der Waals surface area contributed by atoms with Crippen molar-refractivity contribution in [1.29, 1.82) is 0 Å². The maximum atomic E-state index is 12.8. The van der Waals surface area contributed by atoms with Gasteiger partial charge in [-0.25, -0.2) is 8.42 Å². The molecule has 1 unspecified atom stereocenters. The van der Waals surface area contributed by atoms with Crippen LogP contribution in [0.4, 0.5) is 0 Å². The number of thiophene rings is 1. The van der Waals surface area contributed by atoms with Gasteiger partial charge in [0, 0.05) is 23.8 Å². The first-order valence-corrected chi connectivity index (χ1v) is 8.83. The summed E-state index contributed by atoms with van der Waals surface area (Å²) >= 11 is 1.34. The smallest absolute Gasteiger partial charge is 0.253 e. The van der Waals surface area contributed by atoms with E-state index in [9.17, 15) is 8.42 Å². The highest BCUT2D eigenvalue weighted by Crippen LogP contribution is 2.37. The highest BCUT2D eigenvalue weighted by atomic mass is 32.2. The molecule has 0 N–H and O–H groups in total. The lowest BCUT2D eigenvalue weighted by Gasteiger charge is -2.23. The lowest BCUT2D eigenvalue weighted by molar-refractivity contribution is 0.397. The fourth-order valence-corrected chi connectivity index (χ4v) is 5.71. The molecule has 0 amide bonds. The van der Waals surface area contributed by atoms with Gasteiger partial charge in [0.05, 0.1) is 6.04 Å². The minimum Gasteiger partial charge on any atom is -0.265 e. The Morgan fingerprint density at radius 1 is 1.25 bits per heavy atom. The third-order valence-corrected chi connectivity index (χ3v) is 6.95. The number of hydrogen-bond donors (Lipinski definition) is 0. The number of aryl methyl sites for hydroxylation is 1. The average Bonchev–Trinajstić information content (AvgIpc) is 3.08. The fourth-order valence-electron chi connectivity index (χ4n) is 2.61. The third-order valence-electron chi connectivity index (χ3n) is 3.57. The Kier molecular flexibility index (Phi) is 3.62. The normalized spacial score (nSPS) is 20.4. The Morgan fingerprint density at radius 3 is 2.65 bits per heavy atom. The van der Waals surface area contributed by atoms with E-state index >= 15 is 0 Å². The highest BCUT2D eigenvalue weighted by molar-refractivity contribution is 7.91. The molecule has 3 heterocycles. The molecule has 1 atom stereocenters. The minimum absolute atomic E-state index is 0.0644. The number of nitrogens with zero attached hydrogens (tertiary/aromatic N) is 2. The zero-order chi connectivity index (χ0) is 14.2. The minimum atomic E-state index is -3.38. The monoisotopic (exact) mass is 308 g/mol. The zero-order valence-electron chi connectivity index (χ0n) is 11.2. The maximum Gasteiger partial charge on any atom is 0.253 e. The molecule has 2 aromatic rings. The molecule has 4 nitrogen and oxygen atoms in total. The van der Waals surface area contributed by atoms with Crippen LogP contribution in [0.2, 0.25) is 0 Å². The van der Waals surface area contributed by atoms with Crippen LogP contribution < -0.4 is 0 Å². The predicted octanol–water partition coefficient (Wildman–Crippen LogP) is 2.98. The van der Waals surface area contributed by atoms with Gasteiger partial charge in [0.1, 0.15) is 4.21 Å². The topological polar surface area (TPSA) is 50.3 Å². The van der Waals surface area contributed by atoms with Gasteiger partial charge in [-0.15, -0.1) is 11.3 Å². The number of hydrogen-bond acceptors (Lipinski definition) is 4. The summed E-state index contributed by atoms with van der Waals surface area (Å²) in [5.41, 5.74) is 1.02. The summed E-state index contributed by atoms with van der Waals surface area (Å²) in [7, 11) is -3.38. The van der Waals surface area contributed by atoms with E-state index in [1.54, 1.807) is 22.8 Å². The first-order chi connectivity index (χ1) is 9.59. The van der Waals surface area contributed by atoms with Crippen LogP contribution in [0.1, 0.15) is 29.3 Å². The van der Waals surface area contributed by atoms with E-state index in [0.717, 1.165) is 23.3 Å². The molecule has 0 bridgehead atoms. The van der Waals surface area contributed by atoms with Crippen molar-refractivity contribution in [2.75, 3.05) is 6.54 Å². The van der Waals surface area contributed by atoms with E-state index in [1.807, 2.05) is 25.1 Å². The third kappa shape index (κ3) is 2.39. The number of aromatic nitrogens is 1. The average molecular weight is 308 g/mol. The summed E-state index contributed by atoms with van der Waals surface area (Å²) < 4.78 is 27.6. The van der Waals surface area contributed by atoms with Crippen molar-refractivity contribution >= 4 is 21.4 Å². The Hall–Kier alpha value is -1.24. The quantitative estimate of drug-likeness (QED) is 0.876. The van der Waals surface area contributed by atoms with E-state index < -0.39 is 10.0 Å². The summed E-state index contributed by atoms with van der Waals surface area (Å²) in [5.74, 6) is 0. The van der Waals surface area contributed by atoms with Crippen molar-refractivity contribution in [2.24, 2.45) is 0 Å². The van der Waals surface area contributed by atoms with Gasteiger partial charge < -0.3 is 0 Å². The first kappa shape index (κ1) is 13.7. The van der Waals surface area contributed by atoms with Crippen LogP contribution in [0.3, 0.4) is 0 Å². The van der Waals surface area contributed by atoms with Crippen molar-refractivity contribution in [3.8, 4) is 0 Å². The number of pyridine rings is 1. The van der Waals surface area contributed by atoms with Gasteiger partial charge in [-0.1, -0.05) is 0 Å². The van der Waals surface area contributed by atoms with Gasteiger partial charge in [-0.05, 0) is 49.6 Å². The second kappa shape index (κ2) is 5.27. The van der Waals surface area contributed by atoms with Crippen LogP contribution in [-0.2, 0) is 10.0 Å².